The zero-order valence-electron chi connectivity index (χ0n) is 14.6. The molecule has 6 nitrogen and oxygen atoms in total. The van der Waals surface area contributed by atoms with Crippen molar-refractivity contribution in [1.29, 1.82) is 0 Å². The highest BCUT2D eigenvalue weighted by atomic mass is 32.2. The topological polar surface area (TPSA) is 78.9 Å². The number of rotatable bonds is 6. The number of hydrogen-bond donors (Lipinski definition) is 2. The second kappa shape index (κ2) is 8.73. The Hall–Kier alpha value is -3.10. The molecule has 1 heterocycles. The van der Waals surface area contributed by atoms with Crippen molar-refractivity contribution < 1.29 is 19.4 Å². The van der Waals surface area contributed by atoms with E-state index in [4.69, 9.17) is 17.0 Å². The third kappa shape index (κ3) is 4.59. The first-order valence-corrected chi connectivity index (χ1v) is 9.42. The number of phenolic OH excluding ortho intramolecular Hbond substituents is 1. The van der Waals surface area contributed by atoms with Crippen molar-refractivity contribution in [2.45, 2.75) is 0 Å². The Morgan fingerprint density at radius 1 is 1.29 bits per heavy atom. The molecule has 142 valence electrons. The van der Waals surface area contributed by atoms with Gasteiger partial charge in [0.1, 0.15) is 18.1 Å². The molecule has 2 aromatic carbocycles. The van der Waals surface area contributed by atoms with Crippen LogP contribution in [0.2, 0.25) is 0 Å². The van der Waals surface area contributed by atoms with Gasteiger partial charge < -0.3 is 9.84 Å². The third-order valence-corrected chi connectivity index (χ3v) is 4.96. The lowest BCUT2D eigenvalue weighted by Gasteiger charge is -2.15. The van der Waals surface area contributed by atoms with Gasteiger partial charge >= 0.3 is 0 Å². The van der Waals surface area contributed by atoms with E-state index >= 15 is 0 Å². The lowest BCUT2D eigenvalue weighted by Crippen LogP contribution is -2.44. The van der Waals surface area contributed by atoms with Gasteiger partial charge in [0.2, 0.25) is 0 Å². The first kappa shape index (κ1) is 19.7. The standard InChI is InChI=1S/C20H16N2O4S2/c1-2-10-26-16-8-6-13(7-9-16)11-17-19(25)22(20(27)28-17)21-18(24)14-4-3-5-15(23)12-14/h2-9,11-12,23H,1,10H2,(H,21,24). The highest BCUT2D eigenvalue weighted by Crippen LogP contribution is 2.31. The SMILES string of the molecule is C=CCOc1ccc(C=C2SC(=S)N(NC(=O)c3cccc(O)c3)C2=O)cc1. The Kier molecular flexibility index (Phi) is 6.13. The monoisotopic (exact) mass is 412 g/mol. The zero-order valence-corrected chi connectivity index (χ0v) is 16.3. The number of carbonyl (C=O) groups excluding carboxylic acids is 2. The number of carbonyl (C=O) groups is 2. The minimum atomic E-state index is -0.544. The molecule has 0 aliphatic carbocycles. The summed E-state index contributed by atoms with van der Waals surface area (Å²) in [6.45, 7) is 4.01. The van der Waals surface area contributed by atoms with E-state index in [1.807, 2.05) is 12.1 Å². The molecule has 1 aliphatic heterocycles. The molecule has 2 aromatic rings. The highest BCUT2D eigenvalue weighted by Gasteiger charge is 2.33. The van der Waals surface area contributed by atoms with Gasteiger partial charge in [0, 0.05) is 5.56 Å². The van der Waals surface area contributed by atoms with Gasteiger partial charge in [-0.1, -0.05) is 42.6 Å². The van der Waals surface area contributed by atoms with Crippen molar-refractivity contribution in [3.63, 3.8) is 0 Å². The van der Waals surface area contributed by atoms with Crippen LogP contribution in [0.3, 0.4) is 0 Å². The van der Waals surface area contributed by atoms with Crippen molar-refractivity contribution in [3.05, 3.63) is 77.2 Å². The molecule has 1 fully saturated rings. The molecule has 8 heteroatoms. The summed E-state index contributed by atoms with van der Waals surface area (Å²) in [7, 11) is 0. The van der Waals surface area contributed by atoms with Crippen LogP contribution in [0.4, 0.5) is 0 Å². The molecule has 0 unspecified atom stereocenters. The molecular formula is C20H16N2O4S2. The van der Waals surface area contributed by atoms with Crippen LogP contribution in [0, 0.1) is 0 Å². The fraction of sp³-hybridized carbons (Fsp3) is 0.0500. The highest BCUT2D eigenvalue weighted by molar-refractivity contribution is 8.26. The van der Waals surface area contributed by atoms with Crippen LogP contribution in [-0.2, 0) is 4.79 Å². The van der Waals surface area contributed by atoms with Crippen molar-refractivity contribution in [2.75, 3.05) is 6.61 Å². The molecule has 2 N–H and O–H groups in total. The summed E-state index contributed by atoms with van der Waals surface area (Å²) in [4.78, 5) is 25.3. The summed E-state index contributed by atoms with van der Waals surface area (Å²) in [5.74, 6) is -0.311. The van der Waals surface area contributed by atoms with Gasteiger partial charge in [-0.25, -0.2) is 0 Å². The lowest BCUT2D eigenvalue weighted by molar-refractivity contribution is -0.123. The van der Waals surface area contributed by atoms with Crippen LogP contribution >= 0.6 is 24.0 Å². The Morgan fingerprint density at radius 3 is 2.71 bits per heavy atom. The zero-order chi connectivity index (χ0) is 20.1. The van der Waals surface area contributed by atoms with Crippen LogP contribution in [0.5, 0.6) is 11.5 Å². The van der Waals surface area contributed by atoms with Crippen molar-refractivity contribution in [2.24, 2.45) is 0 Å². The van der Waals surface area contributed by atoms with Gasteiger partial charge in [0.15, 0.2) is 4.32 Å². The van der Waals surface area contributed by atoms with E-state index < -0.39 is 11.8 Å². The number of aromatic hydroxyl groups is 1. The second-order valence-electron chi connectivity index (χ2n) is 5.68. The summed E-state index contributed by atoms with van der Waals surface area (Å²) >= 11 is 6.30. The van der Waals surface area contributed by atoms with Gasteiger partial charge in [-0.2, -0.15) is 5.01 Å². The quantitative estimate of drug-likeness (QED) is 0.430. The number of hydrazine groups is 1. The number of thioether (sulfide) groups is 1. The number of ether oxygens (including phenoxy) is 1. The van der Waals surface area contributed by atoms with E-state index in [1.54, 1.807) is 24.3 Å². The molecule has 0 aromatic heterocycles. The number of amides is 2. The molecule has 0 atom stereocenters. The average Bonchev–Trinajstić information content (AvgIpc) is 2.95. The van der Waals surface area contributed by atoms with E-state index in [9.17, 15) is 14.7 Å². The first-order valence-electron chi connectivity index (χ1n) is 8.19. The van der Waals surface area contributed by atoms with Gasteiger partial charge in [0.25, 0.3) is 11.8 Å². The first-order chi connectivity index (χ1) is 13.5. The lowest BCUT2D eigenvalue weighted by atomic mass is 10.2. The van der Waals surface area contributed by atoms with Gasteiger partial charge in [-0.3, -0.25) is 15.0 Å². The smallest absolute Gasteiger partial charge is 0.285 e. The van der Waals surface area contributed by atoms with Crippen LogP contribution < -0.4 is 10.2 Å². The maximum atomic E-state index is 12.6. The van der Waals surface area contributed by atoms with Gasteiger partial charge in [-0.15, -0.1) is 0 Å². The molecule has 0 saturated carbocycles. The number of thiocarbonyl (C=S) groups is 1. The maximum Gasteiger partial charge on any atom is 0.285 e. The molecule has 3 rings (SSSR count). The van der Waals surface area contributed by atoms with Crippen LogP contribution in [0.25, 0.3) is 6.08 Å². The fourth-order valence-electron chi connectivity index (χ4n) is 2.34. The number of nitrogens with zero attached hydrogens (tertiary/aromatic N) is 1. The summed E-state index contributed by atoms with van der Waals surface area (Å²) < 4.78 is 5.64. The Bertz CT molecular complexity index is 970. The molecule has 1 saturated heterocycles. The fourth-order valence-corrected chi connectivity index (χ4v) is 3.52. The predicted molar refractivity (Wildman–Crippen MR) is 113 cm³/mol. The molecule has 1 aliphatic rings. The normalized spacial score (nSPS) is 15.0. The summed E-state index contributed by atoms with van der Waals surface area (Å²) in [6, 6.07) is 13.0. The van der Waals surface area contributed by atoms with E-state index in [0.717, 1.165) is 22.3 Å². The molecule has 0 spiro atoms. The van der Waals surface area contributed by atoms with Gasteiger partial charge in [-0.05, 0) is 54.2 Å². The minimum absolute atomic E-state index is 0.0431. The third-order valence-electron chi connectivity index (χ3n) is 3.66. The Morgan fingerprint density at radius 2 is 2.04 bits per heavy atom. The average molecular weight is 412 g/mol. The molecular weight excluding hydrogens is 396 g/mol. The molecule has 2 amide bonds. The van der Waals surface area contributed by atoms with Crippen LogP contribution in [0.1, 0.15) is 15.9 Å². The summed E-state index contributed by atoms with van der Waals surface area (Å²) in [5.41, 5.74) is 3.48. The minimum Gasteiger partial charge on any atom is -0.508 e. The molecule has 0 bridgehead atoms. The van der Waals surface area contributed by atoms with Crippen molar-refractivity contribution >= 4 is 46.2 Å². The second-order valence-corrected chi connectivity index (χ2v) is 7.35. The predicted octanol–water partition coefficient (Wildman–Crippen LogP) is 3.50. The Balaban J connectivity index is 1.71. The number of nitrogens with one attached hydrogen (secondary N) is 1. The van der Waals surface area contributed by atoms with Crippen LogP contribution in [0.15, 0.2) is 66.1 Å². The van der Waals surface area contributed by atoms with E-state index in [0.29, 0.717) is 17.3 Å². The number of benzene rings is 2. The van der Waals surface area contributed by atoms with E-state index in [-0.39, 0.29) is 15.6 Å². The van der Waals surface area contributed by atoms with Gasteiger partial charge in [0.05, 0.1) is 4.91 Å². The Labute approximate surface area is 171 Å². The number of hydrogen-bond acceptors (Lipinski definition) is 6. The molecule has 28 heavy (non-hydrogen) atoms. The number of phenols is 1. The van der Waals surface area contributed by atoms with Crippen molar-refractivity contribution in [3.8, 4) is 11.5 Å². The van der Waals surface area contributed by atoms with Crippen LogP contribution in [-0.4, -0.2) is 32.9 Å². The van der Waals surface area contributed by atoms with E-state index in [1.165, 1.54) is 24.3 Å². The van der Waals surface area contributed by atoms with Crippen molar-refractivity contribution in [1.82, 2.24) is 10.4 Å². The largest absolute Gasteiger partial charge is 0.508 e. The summed E-state index contributed by atoms with van der Waals surface area (Å²) in [6.07, 6.45) is 3.35. The summed E-state index contributed by atoms with van der Waals surface area (Å²) in [5, 5.41) is 10.5. The van der Waals surface area contributed by atoms with E-state index in [2.05, 4.69) is 12.0 Å². The maximum absolute atomic E-state index is 12.6. The molecule has 0 radical (unpaired) electrons.